The van der Waals surface area contributed by atoms with Gasteiger partial charge in [0.1, 0.15) is 13.2 Å². The van der Waals surface area contributed by atoms with Gasteiger partial charge in [-0.15, -0.1) is 0 Å². The molecule has 98 valence electrons. The van der Waals surface area contributed by atoms with Gasteiger partial charge in [-0.05, 0) is 40.5 Å². The fourth-order valence-corrected chi connectivity index (χ4v) is 2.24. The predicted molar refractivity (Wildman–Crippen MR) is 70.6 cm³/mol. The molecule has 6 heteroatoms. The zero-order valence-electron chi connectivity index (χ0n) is 10.0. The largest absolute Gasteiger partial charge is 0.486 e. The Morgan fingerprint density at radius 2 is 2.22 bits per heavy atom. The van der Waals surface area contributed by atoms with Gasteiger partial charge in [0.15, 0.2) is 11.5 Å². The lowest BCUT2D eigenvalue weighted by Crippen LogP contribution is -2.38. The molecule has 5 nitrogen and oxygen atoms in total. The van der Waals surface area contributed by atoms with Gasteiger partial charge in [-0.1, -0.05) is 0 Å². The van der Waals surface area contributed by atoms with Crippen molar-refractivity contribution in [2.45, 2.75) is 19.5 Å². The number of carbonyl (C=O) groups excluding carboxylic acids is 1. The van der Waals surface area contributed by atoms with Crippen LogP contribution in [0.15, 0.2) is 16.6 Å². The summed E-state index contributed by atoms with van der Waals surface area (Å²) in [7, 11) is 0. The van der Waals surface area contributed by atoms with Crippen molar-refractivity contribution in [2.75, 3.05) is 13.2 Å². The van der Waals surface area contributed by atoms with Gasteiger partial charge in [0.05, 0.1) is 10.5 Å². The van der Waals surface area contributed by atoms with Crippen molar-refractivity contribution < 1.29 is 14.3 Å². The minimum atomic E-state index is -0.369. The molecule has 0 bridgehead atoms. The molecule has 1 atom stereocenters. The fraction of sp³-hybridized carbons (Fsp3) is 0.417. The van der Waals surface area contributed by atoms with E-state index in [1.54, 1.807) is 6.92 Å². The van der Waals surface area contributed by atoms with E-state index in [-0.39, 0.29) is 11.9 Å². The van der Waals surface area contributed by atoms with E-state index in [9.17, 15) is 4.79 Å². The summed E-state index contributed by atoms with van der Waals surface area (Å²) in [6.07, 6.45) is 0. The van der Waals surface area contributed by atoms with E-state index in [2.05, 4.69) is 21.2 Å². The molecular formula is C12H15BrN2O3. The Morgan fingerprint density at radius 3 is 2.94 bits per heavy atom. The maximum Gasteiger partial charge on any atom is 0.234 e. The molecule has 1 unspecified atom stereocenters. The van der Waals surface area contributed by atoms with E-state index < -0.39 is 0 Å². The normalized spacial score (nSPS) is 15.2. The van der Waals surface area contributed by atoms with E-state index in [4.69, 9.17) is 15.2 Å². The van der Waals surface area contributed by atoms with Crippen LogP contribution >= 0.6 is 15.9 Å². The highest BCUT2D eigenvalue weighted by Gasteiger charge is 2.16. The Kier molecular flexibility index (Phi) is 4.08. The molecule has 18 heavy (non-hydrogen) atoms. The Bertz CT molecular complexity index is 465. The minimum Gasteiger partial charge on any atom is -0.486 e. The van der Waals surface area contributed by atoms with Gasteiger partial charge in [0.2, 0.25) is 5.91 Å². The summed E-state index contributed by atoms with van der Waals surface area (Å²) < 4.78 is 11.9. The highest BCUT2D eigenvalue weighted by molar-refractivity contribution is 9.10. The maximum absolute atomic E-state index is 10.9. The molecule has 1 amide bonds. The first kappa shape index (κ1) is 13.2. The third-order valence-electron chi connectivity index (χ3n) is 2.70. The van der Waals surface area contributed by atoms with E-state index in [1.807, 2.05) is 12.1 Å². The highest BCUT2D eigenvalue weighted by atomic mass is 79.9. The topological polar surface area (TPSA) is 73.6 Å². The molecule has 1 aliphatic rings. The van der Waals surface area contributed by atoms with Gasteiger partial charge in [-0.3, -0.25) is 4.79 Å². The van der Waals surface area contributed by atoms with E-state index in [0.29, 0.717) is 19.8 Å². The van der Waals surface area contributed by atoms with Gasteiger partial charge in [0.25, 0.3) is 0 Å². The third kappa shape index (κ3) is 2.94. The van der Waals surface area contributed by atoms with Crippen LogP contribution in [-0.4, -0.2) is 25.2 Å². The molecule has 1 heterocycles. The summed E-state index contributed by atoms with van der Waals surface area (Å²) in [5.74, 6) is 1.08. The second-order valence-corrected chi connectivity index (χ2v) is 4.96. The van der Waals surface area contributed by atoms with Crippen molar-refractivity contribution >= 4 is 21.8 Å². The smallest absolute Gasteiger partial charge is 0.234 e. The Morgan fingerprint density at radius 1 is 1.50 bits per heavy atom. The second kappa shape index (κ2) is 5.58. The first-order valence-electron chi connectivity index (χ1n) is 5.68. The van der Waals surface area contributed by atoms with Crippen LogP contribution in [0.3, 0.4) is 0 Å². The number of fused-ring (bicyclic) bond motifs is 1. The van der Waals surface area contributed by atoms with Crippen molar-refractivity contribution in [2.24, 2.45) is 5.73 Å². The minimum absolute atomic E-state index is 0.364. The van der Waals surface area contributed by atoms with Crippen LogP contribution in [0.1, 0.15) is 12.5 Å². The van der Waals surface area contributed by atoms with Crippen molar-refractivity contribution in [1.82, 2.24) is 5.32 Å². The first-order valence-corrected chi connectivity index (χ1v) is 6.48. The standard InChI is InChI=1S/C12H15BrN2O3/c1-7(12(14)16)15-6-8-4-9(13)11-10(5-8)17-2-3-18-11/h4-5,7,15H,2-3,6H2,1H3,(H2,14,16). The van der Waals surface area contributed by atoms with Crippen LogP contribution < -0.4 is 20.5 Å². The molecule has 0 radical (unpaired) electrons. The molecule has 0 saturated carbocycles. The first-order chi connectivity index (χ1) is 8.58. The zero-order chi connectivity index (χ0) is 13.1. The predicted octanol–water partition coefficient (Wildman–Crippen LogP) is 1.18. The molecule has 3 N–H and O–H groups in total. The number of rotatable bonds is 4. The molecule has 0 saturated heterocycles. The number of benzene rings is 1. The van der Waals surface area contributed by atoms with Crippen molar-refractivity contribution in [3.63, 3.8) is 0 Å². The Hall–Kier alpha value is -1.27. The molecule has 2 rings (SSSR count). The van der Waals surface area contributed by atoms with Gasteiger partial charge in [-0.25, -0.2) is 0 Å². The fourth-order valence-electron chi connectivity index (χ4n) is 1.64. The van der Waals surface area contributed by atoms with Crippen LogP contribution in [0, 0.1) is 0 Å². The monoisotopic (exact) mass is 314 g/mol. The lowest BCUT2D eigenvalue weighted by Gasteiger charge is -2.20. The Labute approximate surface area is 114 Å². The van der Waals surface area contributed by atoms with Crippen LogP contribution in [0.5, 0.6) is 11.5 Å². The summed E-state index contributed by atoms with van der Waals surface area (Å²) in [5, 5.41) is 3.04. The average molecular weight is 315 g/mol. The van der Waals surface area contributed by atoms with Crippen LogP contribution in [0.4, 0.5) is 0 Å². The molecule has 1 aromatic carbocycles. The number of ether oxygens (including phenoxy) is 2. The number of hydrogen-bond donors (Lipinski definition) is 2. The van der Waals surface area contributed by atoms with Gasteiger partial charge < -0.3 is 20.5 Å². The van der Waals surface area contributed by atoms with Crippen LogP contribution in [0.25, 0.3) is 0 Å². The number of hydrogen-bond acceptors (Lipinski definition) is 4. The SMILES string of the molecule is CC(NCc1cc(Br)c2c(c1)OCCO2)C(N)=O. The summed E-state index contributed by atoms with van der Waals surface area (Å²) >= 11 is 3.44. The average Bonchev–Trinajstić information content (AvgIpc) is 2.36. The lowest BCUT2D eigenvalue weighted by molar-refractivity contribution is -0.119. The maximum atomic E-state index is 10.9. The summed E-state index contributed by atoms with van der Waals surface area (Å²) in [6, 6.07) is 3.48. The number of primary amides is 1. The molecule has 0 aromatic heterocycles. The van der Waals surface area contributed by atoms with Crippen LogP contribution in [0.2, 0.25) is 0 Å². The van der Waals surface area contributed by atoms with Crippen molar-refractivity contribution in [3.05, 3.63) is 22.2 Å². The number of carbonyl (C=O) groups is 1. The number of amides is 1. The molecular weight excluding hydrogens is 300 g/mol. The van der Waals surface area contributed by atoms with Crippen molar-refractivity contribution in [1.29, 1.82) is 0 Å². The van der Waals surface area contributed by atoms with E-state index in [1.165, 1.54) is 0 Å². The number of halogens is 1. The van der Waals surface area contributed by atoms with Gasteiger partial charge >= 0.3 is 0 Å². The summed E-state index contributed by atoms with van der Waals surface area (Å²) in [5.41, 5.74) is 6.18. The summed E-state index contributed by atoms with van der Waals surface area (Å²) in [4.78, 5) is 10.9. The van der Waals surface area contributed by atoms with Crippen LogP contribution in [-0.2, 0) is 11.3 Å². The lowest BCUT2D eigenvalue weighted by atomic mass is 10.2. The van der Waals surface area contributed by atoms with Gasteiger partial charge in [-0.2, -0.15) is 0 Å². The highest BCUT2D eigenvalue weighted by Crippen LogP contribution is 2.38. The molecule has 0 fully saturated rings. The quantitative estimate of drug-likeness (QED) is 0.875. The molecule has 0 spiro atoms. The molecule has 0 aliphatic carbocycles. The molecule has 1 aromatic rings. The van der Waals surface area contributed by atoms with E-state index in [0.717, 1.165) is 21.5 Å². The van der Waals surface area contributed by atoms with Crippen molar-refractivity contribution in [3.8, 4) is 11.5 Å². The Balaban J connectivity index is 2.10. The van der Waals surface area contributed by atoms with Gasteiger partial charge in [0, 0.05) is 6.54 Å². The second-order valence-electron chi connectivity index (χ2n) is 4.11. The number of nitrogens with two attached hydrogens (primary N) is 1. The van der Waals surface area contributed by atoms with E-state index >= 15 is 0 Å². The summed E-state index contributed by atoms with van der Waals surface area (Å²) in [6.45, 7) is 3.38. The number of nitrogens with one attached hydrogen (secondary N) is 1. The third-order valence-corrected chi connectivity index (χ3v) is 3.28. The molecule has 1 aliphatic heterocycles. The zero-order valence-corrected chi connectivity index (χ0v) is 11.6.